The average Bonchev–Trinajstić information content (AvgIpc) is 2.36. The van der Waals surface area contributed by atoms with Gasteiger partial charge in [0, 0.05) is 20.3 Å². The minimum atomic E-state index is -0.980. The number of carboxylic acid groups (broad SMARTS) is 1. The molecule has 0 unspecified atom stereocenters. The molecule has 0 aliphatic rings. The topological polar surface area (TPSA) is 65.0 Å². The molecule has 0 aromatic rings. The Hall–Kier alpha value is -1.59. The van der Waals surface area contributed by atoms with Crippen molar-refractivity contribution < 1.29 is 24.1 Å². The molecule has 0 amide bonds. The molecular formula is C13H20O5. The van der Waals surface area contributed by atoms with E-state index in [0.29, 0.717) is 25.4 Å². The van der Waals surface area contributed by atoms with Gasteiger partial charge in [-0.05, 0) is 18.1 Å². The molecule has 102 valence electrons. The first-order chi connectivity index (χ1) is 8.63. The van der Waals surface area contributed by atoms with Crippen molar-refractivity contribution in [1.82, 2.24) is 0 Å². The lowest BCUT2D eigenvalue weighted by molar-refractivity contribution is -0.131. The zero-order valence-electron chi connectivity index (χ0n) is 11.0. The van der Waals surface area contributed by atoms with Crippen LogP contribution in [-0.2, 0) is 19.0 Å². The molecule has 0 saturated carbocycles. The zero-order chi connectivity index (χ0) is 13.8. The van der Waals surface area contributed by atoms with Gasteiger partial charge in [0.2, 0.25) is 0 Å². The summed E-state index contributed by atoms with van der Waals surface area (Å²) in [6, 6.07) is 0. The highest BCUT2D eigenvalue weighted by Crippen LogP contribution is 2.08. The van der Waals surface area contributed by atoms with E-state index in [9.17, 15) is 4.79 Å². The van der Waals surface area contributed by atoms with Crippen molar-refractivity contribution in [3.05, 3.63) is 35.6 Å². The number of hydrogen-bond acceptors (Lipinski definition) is 4. The van der Waals surface area contributed by atoms with Crippen molar-refractivity contribution in [2.45, 2.75) is 6.42 Å². The van der Waals surface area contributed by atoms with E-state index in [1.807, 2.05) is 12.2 Å². The molecule has 0 aliphatic heterocycles. The van der Waals surface area contributed by atoms with Gasteiger partial charge in [-0.3, -0.25) is 0 Å². The van der Waals surface area contributed by atoms with Crippen molar-refractivity contribution in [1.29, 1.82) is 0 Å². The lowest BCUT2D eigenvalue weighted by Gasteiger charge is -2.05. The van der Waals surface area contributed by atoms with Crippen LogP contribution in [-0.4, -0.2) is 45.6 Å². The molecular weight excluding hydrogens is 236 g/mol. The number of hydrogen-bond donors (Lipinski definition) is 1. The average molecular weight is 256 g/mol. The van der Waals surface area contributed by atoms with Crippen molar-refractivity contribution in [3.8, 4) is 0 Å². The van der Waals surface area contributed by atoms with E-state index in [1.54, 1.807) is 21.3 Å². The fourth-order valence-corrected chi connectivity index (χ4v) is 1.16. The van der Waals surface area contributed by atoms with Crippen LogP contribution in [0.4, 0.5) is 0 Å². The molecule has 0 saturated heterocycles. The summed E-state index contributed by atoms with van der Waals surface area (Å²) in [4.78, 5) is 10.5. The van der Waals surface area contributed by atoms with Gasteiger partial charge < -0.3 is 19.3 Å². The van der Waals surface area contributed by atoms with Crippen molar-refractivity contribution >= 4 is 5.97 Å². The fraction of sp³-hybridized carbons (Fsp3) is 0.462. The van der Waals surface area contributed by atoms with E-state index in [1.165, 1.54) is 6.08 Å². The van der Waals surface area contributed by atoms with E-state index in [2.05, 4.69) is 0 Å². The molecule has 0 heterocycles. The molecule has 0 aromatic heterocycles. The lowest BCUT2D eigenvalue weighted by Crippen LogP contribution is -1.97. The number of allylic oxidation sites excluding steroid dienone is 3. The Labute approximate surface area is 107 Å². The molecule has 1 N–H and O–H groups in total. The summed E-state index contributed by atoms with van der Waals surface area (Å²) >= 11 is 0. The largest absolute Gasteiger partial charge is 0.499 e. The third-order valence-corrected chi connectivity index (χ3v) is 2.07. The Balaban J connectivity index is 4.63. The Bertz CT molecular complexity index is 328. The SMILES string of the molecule is COC/C=C(/C=C/C(=O)O)C/C=C(\COC)OC. The first kappa shape index (κ1) is 16.4. The number of carboxylic acids is 1. The maximum Gasteiger partial charge on any atom is 0.328 e. The maximum absolute atomic E-state index is 10.5. The van der Waals surface area contributed by atoms with E-state index in [-0.39, 0.29) is 0 Å². The second-order valence-corrected chi connectivity index (χ2v) is 3.42. The van der Waals surface area contributed by atoms with Crippen LogP contribution < -0.4 is 0 Å². The van der Waals surface area contributed by atoms with E-state index in [0.717, 1.165) is 11.6 Å². The second kappa shape index (κ2) is 10.6. The Morgan fingerprint density at radius 1 is 1.11 bits per heavy atom. The lowest BCUT2D eigenvalue weighted by atomic mass is 10.1. The minimum Gasteiger partial charge on any atom is -0.499 e. The van der Waals surface area contributed by atoms with Gasteiger partial charge in [0.1, 0.15) is 12.4 Å². The molecule has 0 bridgehead atoms. The third kappa shape index (κ3) is 8.55. The van der Waals surface area contributed by atoms with Crippen molar-refractivity contribution in [2.75, 3.05) is 34.5 Å². The molecule has 0 aromatic carbocycles. The van der Waals surface area contributed by atoms with Gasteiger partial charge in [-0.25, -0.2) is 4.79 Å². The molecule has 5 heteroatoms. The van der Waals surface area contributed by atoms with Crippen LogP contribution >= 0.6 is 0 Å². The molecule has 5 nitrogen and oxygen atoms in total. The van der Waals surface area contributed by atoms with Crippen molar-refractivity contribution in [2.24, 2.45) is 0 Å². The molecule has 18 heavy (non-hydrogen) atoms. The van der Waals surface area contributed by atoms with Crippen LogP contribution in [0.15, 0.2) is 35.6 Å². The summed E-state index contributed by atoms with van der Waals surface area (Å²) < 4.78 is 15.0. The fourth-order valence-electron chi connectivity index (χ4n) is 1.16. The van der Waals surface area contributed by atoms with Gasteiger partial charge in [-0.15, -0.1) is 0 Å². The van der Waals surface area contributed by atoms with E-state index in [4.69, 9.17) is 19.3 Å². The monoisotopic (exact) mass is 256 g/mol. The summed E-state index contributed by atoms with van der Waals surface area (Å²) in [5, 5.41) is 8.59. The molecule has 0 radical (unpaired) electrons. The molecule has 0 aliphatic carbocycles. The van der Waals surface area contributed by atoms with Crippen LogP contribution in [0.3, 0.4) is 0 Å². The Morgan fingerprint density at radius 2 is 1.83 bits per heavy atom. The number of rotatable bonds is 9. The normalized spacial score (nSPS) is 13.1. The summed E-state index contributed by atoms with van der Waals surface area (Å²) in [6.07, 6.45) is 6.85. The molecule has 0 fully saturated rings. The van der Waals surface area contributed by atoms with Crippen LogP contribution in [0, 0.1) is 0 Å². The van der Waals surface area contributed by atoms with Crippen LogP contribution in [0.1, 0.15) is 6.42 Å². The molecule has 0 atom stereocenters. The summed E-state index contributed by atoms with van der Waals surface area (Å²) in [5.74, 6) is -0.282. The number of carbonyl (C=O) groups is 1. The minimum absolute atomic E-state index is 0.386. The van der Waals surface area contributed by atoms with Crippen LogP contribution in [0.25, 0.3) is 0 Å². The third-order valence-electron chi connectivity index (χ3n) is 2.07. The van der Waals surface area contributed by atoms with Gasteiger partial charge in [-0.2, -0.15) is 0 Å². The van der Waals surface area contributed by atoms with Crippen LogP contribution in [0.5, 0.6) is 0 Å². The first-order valence-corrected chi connectivity index (χ1v) is 5.45. The standard InChI is InChI=1S/C13H20O5/c1-16-9-8-11(5-7-13(14)15)4-6-12(18-3)10-17-2/h5-8H,4,9-10H2,1-3H3,(H,14,15)/b7-5+,11-8+,12-6+. The van der Waals surface area contributed by atoms with Gasteiger partial charge >= 0.3 is 5.97 Å². The zero-order valence-corrected chi connectivity index (χ0v) is 11.0. The second-order valence-electron chi connectivity index (χ2n) is 3.42. The highest BCUT2D eigenvalue weighted by molar-refractivity contribution is 5.80. The number of aliphatic carboxylic acids is 1. The molecule has 0 spiro atoms. The quantitative estimate of drug-likeness (QED) is 0.387. The molecule has 0 rings (SSSR count). The highest BCUT2D eigenvalue weighted by Gasteiger charge is 1.97. The predicted molar refractivity (Wildman–Crippen MR) is 68.3 cm³/mol. The van der Waals surface area contributed by atoms with Gasteiger partial charge in [-0.1, -0.05) is 12.2 Å². The van der Waals surface area contributed by atoms with Gasteiger partial charge in [0.25, 0.3) is 0 Å². The summed E-state index contributed by atoms with van der Waals surface area (Å²) in [6.45, 7) is 0.816. The van der Waals surface area contributed by atoms with Crippen LogP contribution in [0.2, 0.25) is 0 Å². The Morgan fingerprint density at radius 3 is 2.33 bits per heavy atom. The highest BCUT2D eigenvalue weighted by atomic mass is 16.5. The smallest absolute Gasteiger partial charge is 0.328 e. The number of methoxy groups -OCH3 is 3. The van der Waals surface area contributed by atoms with Gasteiger partial charge in [0.15, 0.2) is 0 Å². The predicted octanol–water partition coefficient (Wildman–Crippen LogP) is 1.77. The number of ether oxygens (including phenoxy) is 3. The van der Waals surface area contributed by atoms with Crippen molar-refractivity contribution in [3.63, 3.8) is 0 Å². The first-order valence-electron chi connectivity index (χ1n) is 5.45. The van der Waals surface area contributed by atoms with Gasteiger partial charge in [0.05, 0.1) is 13.7 Å². The van der Waals surface area contributed by atoms with E-state index < -0.39 is 5.97 Å². The summed E-state index contributed by atoms with van der Waals surface area (Å²) in [5.41, 5.74) is 0.838. The summed E-state index contributed by atoms with van der Waals surface area (Å²) in [7, 11) is 4.73. The van der Waals surface area contributed by atoms with E-state index >= 15 is 0 Å². The Kier molecular flexibility index (Phi) is 9.62. The maximum atomic E-state index is 10.5.